The zero-order valence-corrected chi connectivity index (χ0v) is 18.8. The lowest BCUT2D eigenvalue weighted by atomic mass is 9.86. The van der Waals surface area contributed by atoms with Gasteiger partial charge in [-0.15, -0.1) is 0 Å². The molecular formula is C26H23N5O. The molecule has 0 aliphatic heterocycles. The molecule has 0 saturated carbocycles. The molecule has 2 aromatic carbocycles. The number of aromatic nitrogens is 4. The second-order valence-electron chi connectivity index (χ2n) is 8.70. The van der Waals surface area contributed by atoms with E-state index in [0.29, 0.717) is 0 Å². The van der Waals surface area contributed by atoms with Gasteiger partial charge in [-0.25, -0.2) is 4.98 Å². The highest BCUT2D eigenvalue weighted by Gasteiger charge is 2.21. The molecule has 0 fully saturated rings. The van der Waals surface area contributed by atoms with Gasteiger partial charge in [-0.1, -0.05) is 23.4 Å². The van der Waals surface area contributed by atoms with Crippen molar-refractivity contribution in [1.82, 2.24) is 19.7 Å². The second-order valence-corrected chi connectivity index (χ2v) is 8.70. The number of rotatable bonds is 3. The van der Waals surface area contributed by atoms with E-state index in [4.69, 9.17) is 9.51 Å². The lowest BCUT2D eigenvalue weighted by Crippen LogP contribution is -2.13. The zero-order chi connectivity index (χ0) is 22.6. The van der Waals surface area contributed by atoms with Gasteiger partial charge in [0.1, 0.15) is 17.1 Å². The standard InChI is InChI=1S/C26H23N5O/c1-15-24(16(2)32-30-15)18-6-11-22-21(12-18)25-23(13-28-22)29-17(3)31(25)20-9-7-19(8-10-20)26(4,5)14-27/h6-13H,1-5H3. The number of nitriles is 1. The van der Waals surface area contributed by atoms with Crippen LogP contribution in [-0.2, 0) is 5.41 Å². The van der Waals surface area contributed by atoms with E-state index in [-0.39, 0.29) is 0 Å². The fourth-order valence-electron chi connectivity index (χ4n) is 4.33. The number of fused-ring (bicyclic) bond motifs is 3. The van der Waals surface area contributed by atoms with Gasteiger partial charge in [0.15, 0.2) is 0 Å². The lowest BCUT2D eigenvalue weighted by molar-refractivity contribution is 0.393. The highest BCUT2D eigenvalue weighted by Crippen LogP contribution is 2.34. The van der Waals surface area contributed by atoms with Gasteiger partial charge in [-0.05, 0) is 70.0 Å². The topological polar surface area (TPSA) is 80.5 Å². The average Bonchev–Trinajstić information content (AvgIpc) is 3.31. The van der Waals surface area contributed by atoms with Crippen LogP contribution in [0.15, 0.2) is 53.2 Å². The Morgan fingerprint density at radius 1 is 1.00 bits per heavy atom. The minimum Gasteiger partial charge on any atom is -0.361 e. The van der Waals surface area contributed by atoms with Crippen LogP contribution in [0.5, 0.6) is 0 Å². The Balaban J connectivity index is 1.76. The molecule has 5 rings (SSSR count). The van der Waals surface area contributed by atoms with Crippen molar-refractivity contribution in [2.24, 2.45) is 0 Å². The van der Waals surface area contributed by atoms with E-state index in [9.17, 15) is 5.26 Å². The van der Waals surface area contributed by atoms with Crippen molar-refractivity contribution in [3.63, 3.8) is 0 Å². The highest BCUT2D eigenvalue weighted by atomic mass is 16.5. The maximum atomic E-state index is 9.46. The van der Waals surface area contributed by atoms with Gasteiger partial charge < -0.3 is 4.52 Å². The van der Waals surface area contributed by atoms with Crippen molar-refractivity contribution in [2.45, 2.75) is 40.0 Å². The van der Waals surface area contributed by atoms with Crippen molar-refractivity contribution in [3.05, 3.63) is 71.5 Å². The summed E-state index contributed by atoms with van der Waals surface area (Å²) in [7, 11) is 0. The molecule has 0 unspecified atom stereocenters. The quantitative estimate of drug-likeness (QED) is 0.359. The Morgan fingerprint density at radius 2 is 1.75 bits per heavy atom. The smallest absolute Gasteiger partial charge is 0.141 e. The molecule has 5 aromatic rings. The third-order valence-corrected chi connectivity index (χ3v) is 6.10. The fraction of sp³-hybridized carbons (Fsp3) is 0.231. The van der Waals surface area contributed by atoms with Gasteiger partial charge >= 0.3 is 0 Å². The predicted octanol–water partition coefficient (Wildman–Crippen LogP) is 5.96. The van der Waals surface area contributed by atoms with Gasteiger partial charge in [0, 0.05) is 16.6 Å². The lowest BCUT2D eigenvalue weighted by Gasteiger charge is -2.17. The molecule has 3 heterocycles. The van der Waals surface area contributed by atoms with E-state index in [1.807, 2.05) is 71.1 Å². The van der Waals surface area contributed by atoms with Crippen LogP contribution in [0.3, 0.4) is 0 Å². The van der Waals surface area contributed by atoms with E-state index in [2.05, 4.69) is 32.9 Å². The Labute approximate surface area is 186 Å². The van der Waals surface area contributed by atoms with Crippen molar-refractivity contribution >= 4 is 21.9 Å². The molecule has 3 aromatic heterocycles. The number of pyridine rings is 1. The maximum absolute atomic E-state index is 9.46. The van der Waals surface area contributed by atoms with Gasteiger partial charge in [-0.2, -0.15) is 5.26 Å². The van der Waals surface area contributed by atoms with Crippen LogP contribution in [0.1, 0.15) is 36.7 Å². The molecule has 0 N–H and O–H groups in total. The van der Waals surface area contributed by atoms with E-state index < -0.39 is 5.41 Å². The molecule has 0 aliphatic carbocycles. The first-order valence-corrected chi connectivity index (χ1v) is 10.5. The number of benzene rings is 2. The summed E-state index contributed by atoms with van der Waals surface area (Å²) in [5.74, 6) is 1.67. The van der Waals surface area contributed by atoms with Crippen molar-refractivity contribution in [2.75, 3.05) is 0 Å². The molecule has 0 radical (unpaired) electrons. The van der Waals surface area contributed by atoms with Gasteiger partial charge in [0.05, 0.1) is 34.4 Å². The Bertz CT molecular complexity index is 1510. The number of aryl methyl sites for hydroxylation is 3. The SMILES string of the molecule is Cc1noc(C)c1-c1ccc2ncc3nc(C)n(-c4ccc(C(C)(C)C#N)cc4)c3c2c1. The highest BCUT2D eigenvalue weighted by molar-refractivity contribution is 6.04. The van der Waals surface area contributed by atoms with Crippen molar-refractivity contribution in [3.8, 4) is 22.9 Å². The van der Waals surface area contributed by atoms with E-state index in [0.717, 1.165) is 61.6 Å². The van der Waals surface area contributed by atoms with Crippen LogP contribution >= 0.6 is 0 Å². The van der Waals surface area contributed by atoms with Crippen molar-refractivity contribution in [1.29, 1.82) is 5.26 Å². The molecule has 6 heteroatoms. The van der Waals surface area contributed by atoms with E-state index >= 15 is 0 Å². The monoisotopic (exact) mass is 421 g/mol. The normalized spacial score (nSPS) is 11.9. The molecule has 0 bridgehead atoms. The predicted molar refractivity (Wildman–Crippen MR) is 125 cm³/mol. The average molecular weight is 422 g/mol. The van der Waals surface area contributed by atoms with Crippen LogP contribution in [0.25, 0.3) is 38.8 Å². The zero-order valence-electron chi connectivity index (χ0n) is 18.8. The number of imidazole rings is 1. The minimum absolute atomic E-state index is 0.537. The first-order valence-electron chi connectivity index (χ1n) is 10.5. The summed E-state index contributed by atoms with van der Waals surface area (Å²) in [5, 5.41) is 14.6. The first-order chi connectivity index (χ1) is 15.3. The van der Waals surface area contributed by atoms with Gasteiger partial charge in [0.2, 0.25) is 0 Å². The van der Waals surface area contributed by atoms with E-state index in [1.165, 1.54) is 0 Å². The number of nitrogens with zero attached hydrogens (tertiary/aromatic N) is 5. The summed E-state index contributed by atoms with van der Waals surface area (Å²) >= 11 is 0. The molecular weight excluding hydrogens is 398 g/mol. The largest absolute Gasteiger partial charge is 0.361 e. The molecule has 0 saturated heterocycles. The first kappa shape index (κ1) is 20.0. The van der Waals surface area contributed by atoms with Gasteiger partial charge in [0.25, 0.3) is 0 Å². The fourth-order valence-corrected chi connectivity index (χ4v) is 4.33. The van der Waals surface area contributed by atoms with Crippen LogP contribution in [-0.4, -0.2) is 19.7 Å². The summed E-state index contributed by atoms with van der Waals surface area (Å²) < 4.78 is 7.54. The summed E-state index contributed by atoms with van der Waals surface area (Å²) in [6, 6.07) is 16.7. The molecule has 32 heavy (non-hydrogen) atoms. The second kappa shape index (κ2) is 7.03. The maximum Gasteiger partial charge on any atom is 0.141 e. The summed E-state index contributed by atoms with van der Waals surface area (Å²) in [5.41, 5.74) is 7.11. The summed E-state index contributed by atoms with van der Waals surface area (Å²) in [6.45, 7) is 9.73. The number of hydrogen-bond acceptors (Lipinski definition) is 5. The third kappa shape index (κ3) is 2.97. The van der Waals surface area contributed by atoms with Crippen LogP contribution in [0.2, 0.25) is 0 Å². The Hall–Kier alpha value is -3.98. The molecule has 0 amide bonds. The Kier molecular flexibility index (Phi) is 4.38. The van der Waals surface area contributed by atoms with Crippen LogP contribution in [0.4, 0.5) is 0 Å². The van der Waals surface area contributed by atoms with Crippen molar-refractivity contribution < 1.29 is 4.52 Å². The molecule has 0 atom stereocenters. The van der Waals surface area contributed by atoms with Gasteiger partial charge in [-0.3, -0.25) is 9.55 Å². The molecule has 158 valence electrons. The van der Waals surface area contributed by atoms with Crippen LogP contribution in [0, 0.1) is 32.1 Å². The molecule has 0 spiro atoms. The summed E-state index contributed by atoms with van der Waals surface area (Å²) in [4.78, 5) is 9.40. The number of hydrogen-bond donors (Lipinski definition) is 0. The molecule has 0 aliphatic rings. The third-order valence-electron chi connectivity index (χ3n) is 6.10. The van der Waals surface area contributed by atoms with E-state index in [1.54, 1.807) is 0 Å². The molecule has 6 nitrogen and oxygen atoms in total. The minimum atomic E-state index is -0.537. The summed E-state index contributed by atoms with van der Waals surface area (Å²) in [6.07, 6.45) is 1.82. The Morgan fingerprint density at radius 3 is 2.41 bits per heavy atom. The van der Waals surface area contributed by atoms with Crippen LogP contribution < -0.4 is 0 Å².